The molecule has 1 aromatic heterocycles. The Labute approximate surface area is 106 Å². The molecule has 98 valence electrons. The van der Waals surface area contributed by atoms with Crippen LogP contribution >= 0.6 is 0 Å². The first kappa shape index (κ1) is 11.6. The first-order chi connectivity index (χ1) is 8.72. The van der Waals surface area contributed by atoms with Gasteiger partial charge in [-0.25, -0.2) is 0 Å². The molecule has 0 aromatic carbocycles. The van der Waals surface area contributed by atoms with Crippen LogP contribution in [-0.4, -0.2) is 46.1 Å². The lowest BCUT2D eigenvalue weighted by Crippen LogP contribution is -2.39. The van der Waals surface area contributed by atoms with Gasteiger partial charge in [-0.1, -0.05) is 5.16 Å². The van der Waals surface area contributed by atoms with Crippen molar-refractivity contribution in [2.24, 2.45) is 0 Å². The minimum atomic E-state index is 0.0319. The van der Waals surface area contributed by atoms with Gasteiger partial charge >= 0.3 is 0 Å². The highest BCUT2D eigenvalue weighted by atomic mass is 16.5. The number of amides is 1. The minimum absolute atomic E-state index is 0.0319. The van der Waals surface area contributed by atoms with E-state index in [1.54, 1.807) is 6.92 Å². The van der Waals surface area contributed by atoms with Crippen molar-refractivity contribution >= 4 is 5.91 Å². The summed E-state index contributed by atoms with van der Waals surface area (Å²) in [7, 11) is 0. The summed E-state index contributed by atoms with van der Waals surface area (Å²) in [5.41, 5.74) is 0. The number of nitrogens with one attached hydrogen (secondary N) is 1. The van der Waals surface area contributed by atoms with Gasteiger partial charge in [-0.15, -0.1) is 0 Å². The lowest BCUT2D eigenvalue weighted by atomic mass is 10.2. The van der Waals surface area contributed by atoms with Crippen LogP contribution in [-0.2, 0) is 11.2 Å². The molecule has 0 bridgehead atoms. The van der Waals surface area contributed by atoms with Crippen LogP contribution in [0, 0.1) is 6.92 Å². The van der Waals surface area contributed by atoms with Crippen LogP contribution in [0.3, 0.4) is 0 Å². The van der Waals surface area contributed by atoms with E-state index in [9.17, 15) is 4.79 Å². The number of hydrogen-bond donors (Lipinski definition) is 1. The molecule has 1 unspecified atom stereocenters. The predicted molar refractivity (Wildman–Crippen MR) is 63.9 cm³/mol. The minimum Gasteiger partial charge on any atom is -0.341 e. The smallest absolute Gasteiger partial charge is 0.239 e. The molecule has 2 fully saturated rings. The topological polar surface area (TPSA) is 71.3 Å². The number of carbonyl (C=O) groups is 1. The summed E-state index contributed by atoms with van der Waals surface area (Å²) >= 11 is 0. The second kappa shape index (κ2) is 4.68. The summed E-state index contributed by atoms with van der Waals surface area (Å²) in [6.07, 6.45) is 4.01. The molecule has 1 saturated carbocycles. The normalized spacial score (nSPS) is 23.9. The van der Waals surface area contributed by atoms with Crippen molar-refractivity contribution in [3.63, 3.8) is 0 Å². The molecule has 1 aliphatic heterocycles. The van der Waals surface area contributed by atoms with E-state index in [2.05, 4.69) is 15.5 Å². The summed E-state index contributed by atoms with van der Waals surface area (Å²) in [6.45, 7) is 3.29. The summed E-state index contributed by atoms with van der Waals surface area (Å²) < 4.78 is 4.91. The van der Waals surface area contributed by atoms with Crippen molar-refractivity contribution in [3.8, 4) is 0 Å². The van der Waals surface area contributed by atoms with Gasteiger partial charge < -0.3 is 14.7 Å². The van der Waals surface area contributed by atoms with Crippen molar-refractivity contribution in [1.29, 1.82) is 0 Å². The Hall–Kier alpha value is -1.43. The first-order valence-corrected chi connectivity index (χ1v) is 6.56. The fourth-order valence-electron chi connectivity index (χ4n) is 2.33. The van der Waals surface area contributed by atoms with Crippen LogP contribution in [0.15, 0.2) is 4.52 Å². The highest BCUT2D eigenvalue weighted by molar-refractivity contribution is 5.84. The fourth-order valence-corrected chi connectivity index (χ4v) is 2.33. The Morgan fingerprint density at radius 3 is 2.94 bits per heavy atom. The van der Waals surface area contributed by atoms with Gasteiger partial charge in [-0.3, -0.25) is 4.79 Å². The van der Waals surface area contributed by atoms with E-state index in [4.69, 9.17) is 4.52 Å². The van der Waals surface area contributed by atoms with Gasteiger partial charge in [-0.05, 0) is 19.3 Å². The van der Waals surface area contributed by atoms with Gasteiger partial charge in [0.1, 0.15) is 0 Å². The Morgan fingerprint density at radius 2 is 2.28 bits per heavy atom. The standard InChI is InChI=1S/C12H18N4O2/c1-8-13-11(15-18-8)5-7-16-6-4-10(12(16)17)14-9-2-3-9/h9-10,14H,2-7H2,1H3. The number of aromatic nitrogens is 2. The number of rotatable bonds is 5. The molecule has 2 heterocycles. The third-order valence-electron chi connectivity index (χ3n) is 3.49. The molecule has 0 spiro atoms. The van der Waals surface area contributed by atoms with E-state index in [-0.39, 0.29) is 11.9 Å². The lowest BCUT2D eigenvalue weighted by Gasteiger charge is -2.16. The van der Waals surface area contributed by atoms with Crippen molar-refractivity contribution in [2.75, 3.05) is 13.1 Å². The van der Waals surface area contributed by atoms with Crippen molar-refractivity contribution < 1.29 is 9.32 Å². The highest BCUT2D eigenvalue weighted by Gasteiger charge is 2.35. The molecule has 1 saturated heterocycles. The average molecular weight is 250 g/mol. The lowest BCUT2D eigenvalue weighted by molar-refractivity contribution is -0.129. The summed E-state index contributed by atoms with van der Waals surface area (Å²) in [6, 6.07) is 0.614. The third kappa shape index (κ3) is 2.53. The molecule has 0 radical (unpaired) electrons. The monoisotopic (exact) mass is 250 g/mol. The zero-order chi connectivity index (χ0) is 12.5. The number of aryl methyl sites for hydroxylation is 1. The molecular formula is C12H18N4O2. The molecule has 18 heavy (non-hydrogen) atoms. The Bertz CT molecular complexity index is 441. The summed E-state index contributed by atoms with van der Waals surface area (Å²) in [5, 5.41) is 7.23. The van der Waals surface area contributed by atoms with E-state index >= 15 is 0 Å². The zero-order valence-electron chi connectivity index (χ0n) is 10.6. The van der Waals surface area contributed by atoms with E-state index in [0.29, 0.717) is 30.7 Å². The van der Waals surface area contributed by atoms with Crippen LogP contribution in [0.2, 0.25) is 0 Å². The molecular weight excluding hydrogens is 232 g/mol. The number of likely N-dealkylation sites (tertiary alicyclic amines) is 1. The van der Waals surface area contributed by atoms with E-state index in [1.165, 1.54) is 12.8 Å². The Kier molecular flexibility index (Phi) is 3.03. The van der Waals surface area contributed by atoms with Gasteiger partial charge in [-0.2, -0.15) is 4.98 Å². The van der Waals surface area contributed by atoms with Crippen LogP contribution in [0.4, 0.5) is 0 Å². The summed E-state index contributed by atoms with van der Waals surface area (Å²) in [5.74, 6) is 1.48. The SMILES string of the molecule is Cc1nc(CCN2CCC(NC3CC3)C2=O)no1. The largest absolute Gasteiger partial charge is 0.341 e. The molecule has 1 N–H and O–H groups in total. The average Bonchev–Trinajstić information content (AvgIpc) is 2.98. The van der Waals surface area contributed by atoms with Crippen molar-refractivity contribution in [1.82, 2.24) is 20.4 Å². The predicted octanol–water partition coefficient (Wildman–Crippen LogP) is 0.273. The van der Waals surface area contributed by atoms with Crippen LogP contribution in [0.5, 0.6) is 0 Å². The maximum Gasteiger partial charge on any atom is 0.239 e. The van der Waals surface area contributed by atoms with Crippen LogP contribution < -0.4 is 5.32 Å². The maximum atomic E-state index is 12.1. The quantitative estimate of drug-likeness (QED) is 0.812. The molecule has 1 aliphatic carbocycles. The van der Waals surface area contributed by atoms with E-state index in [0.717, 1.165) is 13.0 Å². The Morgan fingerprint density at radius 1 is 1.44 bits per heavy atom. The first-order valence-electron chi connectivity index (χ1n) is 6.56. The second-order valence-corrected chi connectivity index (χ2v) is 5.09. The molecule has 1 amide bonds. The van der Waals surface area contributed by atoms with Gasteiger partial charge in [0, 0.05) is 32.5 Å². The maximum absolute atomic E-state index is 12.1. The fraction of sp³-hybridized carbons (Fsp3) is 0.750. The molecule has 2 aliphatic rings. The van der Waals surface area contributed by atoms with Gasteiger partial charge in [0.05, 0.1) is 6.04 Å². The van der Waals surface area contributed by atoms with Gasteiger partial charge in [0.25, 0.3) is 0 Å². The van der Waals surface area contributed by atoms with Crippen molar-refractivity contribution in [3.05, 3.63) is 11.7 Å². The van der Waals surface area contributed by atoms with Crippen LogP contribution in [0.25, 0.3) is 0 Å². The highest BCUT2D eigenvalue weighted by Crippen LogP contribution is 2.22. The Balaban J connectivity index is 1.49. The molecule has 1 aromatic rings. The number of nitrogens with zero attached hydrogens (tertiary/aromatic N) is 3. The van der Waals surface area contributed by atoms with Crippen LogP contribution in [0.1, 0.15) is 31.0 Å². The number of hydrogen-bond acceptors (Lipinski definition) is 5. The molecule has 3 rings (SSSR count). The number of carbonyl (C=O) groups excluding carboxylic acids is 1. The van der Waals surface area contributed by atoms with E-state index in [1.807, 2.05) is 4.90 Å². The molecule has 1 atom stereocenters. The molecule has 6 nitrogen and oxygen atoms in total. The molecule has 6 heteroatoms. The van der Waals surface area contributed by atoms with Gasteiger partial charge in [0.15, 0.2) is 5.82 Å². The van der Waals surface area contributed by atoms with Gasteiger partial charge in [0.2, 0.25) is 11.8 Å². The van der Waals surface area contributed by atoms with E-state index < -0.39 is 0 Å². The summed E-state index contributed by atoms with van der Waals surface area (Å²) in [4.78, 5) is 18.1. The zero-order valence-corrected chi connectivity index (χ0v) is 10.6. The van der Waals surface area contributed by atoms with Crippen molar-refractivity contribution in [2.45, 2.75) is 44.7 Å². The second-order valence-electron chi connectivity index (χ2n) is 5.09. The third-order valence-corrected chi connectivity index (χ3v) is 3.49.